The molecule has 1 amide bonds. The summed E-state index contributed by atoms with van der Waals surface area (Å²) >= 11 is 5.76. The van der Waals surface area contributed by atoms with E-state index in [9.17, 15) is 4.79 Å². The van der Waals surface area contributed by atoms with Gasteiger partial charge in [0.25, 0.3) is 5.91 Å². The number of halogens is 1. The largest absolute Gasteiger partial charge is 0.321 e. The SMILES string of the molecule is CC(C)(C#N)c1ccc(NC(=O)c2cccc(Cl)n2)cc1. The van der Waals surface area contributed by atoms with Crippen LogP contribution >= 0.6 is 11.6 Å². The molecule has 0 saturated heterocycles. The summed E-state index contributed by atoms with van der Waals surface area (Å²) in [6.07, 6.45) is 0. The van der Waals surface area contributed by atoms with Gasteiger partial charge in [0, 0.05) is 5.69 Å². The van der Waals surface area contributed by atoms with E-state index in [0.717, 1.165) is 5.56 Å². The third kappa shape index (κ3) is 3.59. The maximum Gasteiger partial charge on any atom is 0.274 e. The van der Waals surface area contributed by atoms with E-state index in [1.807, 2.05) is 26.0 Å². The molecule has 2 aromatic rings. The minimum absolute atomic E-state index is 0.254. The number of carbonyl (C=O) groups excluding carboxylic acids is 1. The van der Waals surface area contributed by atoms with Gasteiger partial charge in [0.2, 0.25) is 0 Å². The summed E-state index contributed by atoms with van der Waals surface area (Å²) < 4.78 is 0. The Morgan fingerprint density at radius 1 is 1.24 bits per heavy atom. The third-order valence-electron chi connectivity index (χ3n) is 3.09. The van der Waals surface area contributed by atoms with E-state index in [4.69, 9.17) is 16.9 Å². The Hall–Kier alpha value is -2.38. The summed E-state index contributed by atoms with van der Waals surface area (Å²) in [5.41, 5.74) is 1.23. The Kier molecular flexibility index (Phi) is 4.25. The van der Waals surface area contributed by atoms with E-state index in [1.165, 1.54) is 0 Å². The lowest BCUT2D eigenvalue weighted by atomic mass is 9.86. The number of hydrogen-bond donors (Lipinski definition) is 1. The van der Waals surface area contributed by atoms with E-state index in [1.54, 1.807) is 30.3 Å². The molecule has 0 aliphatic heterocycles. The molecule has 0 atom stereocenters. The molecule has 1 aromatic carbocycles. The lowest BCUT2D eigenvalue weighted by Gasteiger charge is -2.16. The minimum Gasteiger partial charge on any atom is -0.321 e. The number of anilines is 1. The molecule has 1 N–H and O–H groups in total. The maximum absolute atomic E-state index is 12.0. The van der Waals surface area contributed by atoms with Gasteiger partial charge in [-0.1, -0.05) is 29.8 Å². The quantitative estimate of drug-likeness (QED) is 0.877. The number of amides is 1. The lowest BCUT2D eigenvalue weighted by molar-refractivity contribution is 0.102. The second-order valence-electron chi connectivity index (χ2n) is 5.11. The van der Waals surface area contributed by atoms with Crippen LogP contribution in [0.1, 0.15) is 29.9 Å². The monoisotopic (exact) mass is 299 g/mol. The van der Waals surface area contributed by atoms with Crippen molar-refractivity contribution in [1.82, 2.24) is 4.98 Å². The average molecular weight is 300 g/mol. The van der Waals surface area contributed by atoms with E-state index < -0.39 is 5.41 Å². The van der Waals surface area contributed by atoms with Gasteiger partial charge in [-0.25, -0.2) is 4.98 Å². The van der Waals surface area contributed by atoms with Crippen LogP contribution in [0, 0.1) is 11.3 Å². The normalized spacial score (nSPS) is 10.8. The van der Waals surface area contributed by atoms with Crippen LogP contribution in [0.4, 0.5) is 5.69 Å². The first-order chi connectivity index (χ1) is 9.92. The number of pyridine rings is 1. The molecule has 5 heteroatoms. The van der Waals surface area contributed by atoms with Crippen LogP contribution in [-0.4, -0.2) is 10.9 Å². The number of nitriles is 1. The number of carbonyl (C=O) groups is 1. The zero-order chi connectivity index (χ0) is 15.5. The maximum atomic E-state index is 12.0. The second-order valence-corrected chi connectivity index (χ2v) is 5.50. The van der Waals surface area contributed by atoms with Gasteiger partial charge in [0.1, 0.15) is 10.8 Å². The molecule has 21 heavy (non-hydrogen) atoms. The Morgan fingerprint density at radius 3 is 2.48 bits per heavy atom. The van der Waals surface area contributed by atoms with E-state index in [0.29, 0.717) is 5.69 Å². The molecule has 0 fully saturated rings. The van der Waals surface area contributed by atoms with Crippen LogP contribution in [0.3, 0.4) is 0 Å². The molecule has 0 aliphatic carbocycles. The Labute approximate surface area is 128 Å². The topological polar surface area (TPSA) is 65.8 Å². The molecular formula is C16H14ClN3O. The van der Waals surface area contributed by atoms with Crippen molar-refractivity contribution in [3.63, 3.8) is 0 Å². The van der Waals surface area contributed by atoms with Gasteiger partial charge >= 0.3 is 0 Å². The zero-order valence-electron chi connectivity index (χ0n) is 11.7. The summed E-state index contributed by atoms with van der Waals surface area (Å²) in [4.78, 5) is 16.0. The number of aromatic nitrogens is 1. The highest BCUT2D eigenvalue weighted by molar-refractivity contribution is 6.29. The van der Waals surface area contributed by atoms with Gasteiger partial charge in [-0.2, -0.15) is 5.26 Å². The van der Waals surface area contributed by atoms with Crippen LogP contribution in [0.2, 0.25) is 5.15 Å². The van der Waals surface area contributed by atoms with Crippen molar-refractivity contribution < 1.29 is 4.79 Å². The van der Waals surface area contributed by atoms with Crippen LogP contribution in [0.5, 0.6) is 0 Å². The van der Waals surface area contributed by atoms with Crippen molar-refractivity contribution >= 4 is 23.2 Å². The van der Waals surface area contributed by atoms with E-state index in [-0.39, 0.29) is 16.8 Å². The zero-order valence-corrected chi connectivity index (χ0v) is 12.5. The summed E-state index contributed by atoms with van der Waals surface area (Å²) in [5.74, 6) is -0.329. The molecule has 1 heterocycles. The Bertz CT molecular complexity index is 702. The van der Waals surface area contributed by atoms with Crippen molar-refractivity contribution in [1.29, 1.82) is 5.26 Å². The third-order valence-corrected chi connectivity index (χ3v) is 3.30. The first-order valence-corrected chi connectivity index (χ1v) is 6.76. The number of nitrogens with one attached hydrogen (secondary N) is 1. The van der Waals surface area contributed by atoms with E-state index in [2.05, 4.69) is 16.4 Å². The highest BCUT2D eigenvalue weighted by Crippen LogP contribution is 2.23. The summed E-state index contributed by atoms with van der Waals surface area (Å²) in [6.45, 7) is 3.69. The van der Waals surface area contributed by atoms with Crippen molar-refractivity contribution in [2.24, 2.45) is 0 Å². The van der Waals surface area contributed by atoms with Gasteiger partial charge in [0.05, 0.1) is 11.5 Å². The highest BCUT2D eigenvalue weighted by atomic mass is 35.5. The van der Waals surface area contributed by atoms with Crippen molar-refractivity contribution in [2.75, 3.05) is 5.32 Å². The first-order valence-electron chi connectivity index (χ1n) is 6.38. The van der Waals surface area contributed by atoms with Crippen molar-refractivity contribution in [3.8, 4) is 6.07 Å². The molecule has 0 unspecified atom stereocenters. The van der Waals surface area contributed by atoms with Gasteiger partial charge in [-0.05, 0) is 43.7 Å². The fourth-order valence-electron chi connectivity index (χ4n) is 1.76. The smallest absolute Gasteiger partial charge is 0.274 e. The fraction of sp³-hybridized carbons (Fsp3) is 0.188. The van der Waals surface area contributed by atoms with Crippen LogP contribution in [0.25, 0.3) is 0 Å². The first kappa shape index (κ1) is 15.0. The predicted molar refractivity (Wildman–Crippen MR) is 82.3 cm³/mol. The van der Waals surface area contributed by atoms with Gasteiger partial charge in [0.15, 0.2) is 0 Å². The van der Waals surface area contributed by atoms with Gasteiger partial charge in [-0.3, -0.25) is 4.79 Å². The lowest BCUT2D eigenvalue weighted by Crippen LogP contribution is -2.15. The molecule has 106 valence electrons. The second kappa shape index (κ2) is 5.94. The molecule has 0 bridgehead atoms. The Balaban J connectivity index is 2.14. The highest BCUT2D eigenvalue weighted by Gasteiger charge is 2.19. The minimum atomic E-state index is -0.558. The number of hydrogen-bond acceptors (Lipinski definition) is 3. The average Bonchev–Trinajstić information content (AvgIpc) is 2.48. The van der Waals surface area contributed by atoms with Gasteiger partial charge < -0.3 is 5.32 Å². The predicted octanol–water partition coefficient (Wildman–Crippen LogP) is 3.79. The summed E-state index contributed by atoms with van der Waals surface area (Å²) in [7, 11) is 0. The van der Waals surface area contributed by atoms with Crippen molar-refractivity contribution in [2.45, 2.75) is 19.3 Å². The fourth-order valence-corrected chi connectivity index (χ4v) is 1.93. The van der Waals surface area contributed by atoms with Gasteiger partial charge in [-0.15, -0.1) is 0 Å². The molecule has 0 spiro atoms. The molecule has 0 radical (unpaired) electrons. The Morgan fingerprint density at radius 2 is 1.90 bits per heavy atom. The number of nitrogens with zero attached hydrogens (tertiary/aromatic N) is 2. The molecule has 0 saturated carbocycles. The van der Waals surface area contributed by atoms with E-state index >= 15 is 0 Å². The molecular weight excluding hydrogens is 286 g/mol. The number of benzene rings is 1. The van der Waals surface area contributed by atoms with Crippen molar-refractivity contribution in [3.05, 3.63) is 58.9 Å². The molecule has 2 rings (SSSR count). The van der Waals surface area contributed by atoms with Crippen LogP contribution in [-0.2, 0) is 5.41 Å². The van der Waals surface area contributed by atoms with Crippen LogP contribution in [0.15, 0.2) is 42.5 Å². The number of rotatable bonds is 3. The molecule has 0 aliphatic rings. The van der Waals surface area contributed by atoms with Crippen LogP contribution < -0.4 is 5.32 Å². The standard InChI is InChI=1S/C16H14ClN3O/c1-16(2,10-18)11-6-8-12(9-7-11)19-15(21)13-4-3-5-14(17)20-13/h3-9H,1-2H3,(H,19,21). The molecule has 1 aromatic heterocycles. The summed E-state index contributed by atoms with van der Waals surface area (Å²) in [5, 5.41) is 12.1. The summed E-state index contributed by atoms with van der Waals surface area (Å²) in [6, 6.07) is 14.3. The molecule has 4 nitrogen and oxygen atoms in total.